The highest BCUT2D eigenvalue weighted by Crippen LogP contribution is 2.49. The van der Waals surface area contributed by atoms with Crippen LogP contribution in [0.3, 0.4) is 0 Å². The Hall–Kier alpha value is -2.84. The van der Waals surface area contributed by atoms with Crippen LogP contribution in [0, 0.1) is 6.92 Å². The number of aryl methyl sites for hydroxylation is 1. The number of hydrogen-bond acceptors (Lipinski definition) is 6. The van der Waals surface area contributed by atoms with Gasteiger partial charge in [0, 0.05) is 19.5 Å². The molecule has 5 rings (SSSR count). The predicted octanol–water partition coefficient (Wildman–Crippen LogP) is 3.45. The predicted molar refractivity (Wildman–Crippen MR) is 117 cm³/mol. The highest BCUT2D eigenvalue weighted by molar-refractivity contribution is 7.89. The van der Waals surface area contributed by atoms with E-state index in [4.69, 9.17) is 14.2 Å². The molecule has 0 saturated heterocycles. The SMILES string of the molecule is COC1=CCCC(=O)[C@@]12CCN(S(=O)(=O)c1ccc(C)cc1)Cc1cc3c(cc12)OCO3. The van der Waals surface area contributed by atoms with Gasteiger partial charge in [0.25, 0.3) is 0 Å². The molecule has 0 radical (unpaired) electrons. The molecular weight excluding hydrogens is 430 g/mol. The number of carbonyl (C=O) groups excluding carboxylic acids is 1. The van der Waals surface area contributed by atoms with Gasteiger partial charge in [-0.15, -0.1) is 0 Å². The van der Waals surface area contributed by atoms with Crippen molar-refractivity contribution in [2.75, 3.05) is 20.4 Å². The third-order valence-electron chi connectivity index (χ3n) is 6.62. The molecule has 0 bridgehead atoms. The minimum Gasteiger partial charge on any atom is -0.500 e. The second-order valence-corrected chi connectivity index (χ2v) is 10.3. The average molecular weight is 456 g/mol. The zero-order chi connectivity index (χ0) is 22.5. The molecule has 168 valence electrons. The molecule has 1 atom stereocenters. The van der Waals surface area contributed by atoms with Crippen LogP contribution in [-0.4, -0.2) is 39.0 Å². The monoisotopic (exact) mass is 455 g/mol. The lowest BCUT2D eigenvalue weighted by Crippen LogP contribution is -2.42. The molecule has 2 aromatic rings. The van der Waals surface area contributed by atoms with Gasteiger partial charge in [0.05, 0.1) is 12.0 Å². The lowest BCUT2D eigenvalue weighted by Gasteiger charge is -2.37. The van der Waals surface area contributed by atoms with E-state index in [-0.39, 0.29) is 30.6 Å². The Balaban J connectivity index is 1.67. The van der Waals surface area contributed by atoms with E-state index in [1.54, 1.807) is 37.4 Å². The molecule has 0 fully saturated rings. The maximum Gasteiger partial charge on any atom is 0.243 e. The summed E-state index contributed by atoms with van der Waals surface area (Å²) in [4.78, 5) is 13.7. The van der Waals surface area contributed by atoms with Crippen molar-refractivity contribution in [3.05, 3.63) is 64.9 Å². The van der Waals surface area contributed by atoms with E-state index in [1.165, 1.54) is 4.31 Å². The number of allylic oxidation sites excluding steroid dienone is 2. The van der Waals surface area contributed by atoms with Crippen LogP contribution in [-0.2, 0) is 31.5 Å². The van der Waals surface area contributed by atoms with Gasteiger partial charge in [-0.25, -0.2) is 8.42 Å². The molecule has 0 N–H and O–H groups in total. The molecule has 1 aliphatic carbocycles. The van der Waals surface area contributed by atoms with Crippen LogP contribution in [0.15, 0.2) is 53.1 Å². The van der Waals surface area contributed by atoms with Gasteiger partial charge in [-0.2, -0.15) is 4.31 Å². The number of hydrogen-bond donors (Lipinski definition) is 0. The number of ether oxygens (including phenoxy) is 3. The summed E-state index contributed by atoms with van der Waals surface area (Å²) in [5, 5.41) is 0. The summed E-state index contributed by atoms with van der Waals surface area (Å²) in [6, 6.07) is 10.5. The first-order valence-corrected chi connectivity index (χ1v) is 12.1. The van der Waals surface area contributed by atoms with Crippen molar-refractivity contribution < 1.29 is 27.4 Å². The Morgan fingerprint density at radius 2 is 1.81 bits per heavy atom. The van der Waals surface area contributed by atoms with E-state index < -0.39 is 15.4 Å². The van der Waals surface area contributed by atoms with E-state index >= 15 is 0 Å². The number of sulfonamides is 1. The van der Waals surface area contributed by atoms with Crippen molar-refractivity contribution in [1.82, 2.24) is 4.31 Å². The molecular formula is C24H25NO6S. The molecule has 8 heteroatoms. The van der Waals surface area contributed by atoms with Crippen LogP contribution in [0.5, 0.6) is 11.5 Å². The summed E-state index contributed by atoms with van der Waals surface area (Å²) >= 11 is 0. The average Bonchev–Trinajstić information content (AvgIpc) is 3.17. The van der Waals surface area contributed by atoms with Crippen molar-refractivity contribution >= 4 is 15.8 Å². The molecule has 0 saturated carbocycles. The van der Waals surface area contributed by atoms with Crippen LogP contribution in [0.2, 0.25) is 0 Å². The van der Waals surface area contributed by atoms with Crippen LogP contribution in [0.25, 0.3) is 0 Å². The van der Waals surface area contributed by atoms with Gasteiger partial charge < -0.3 is 14.2 Å². The Bertz CT molecular complexity index is 1220. The van der Waals surface area contributed by atoms with Crippen LogP contribution >= 0.6 is 0 Å². The normalized spacial score (nSPS) is 22.9. The minimum atomic E-state index is -3.77. The number of methoxy groups -OCH3 is 1. The number of benzene rings is 2. The summed E-state index contributed by atoms with van der Waals surface area (Å²) < 4.78 is 45.4. The topological polar surface area (TPSA) is 82.1 Å². The largest absolute Gasteiger partial charge is 0.500 e. The zero-order valence-electron chi connectivity index (χ0n) is 18.1. The molecule has 0 aromatic heterocycles. The lowest BCUT2D eigenvalue weighted by atomic mass is 9.67. The highest BCUT2D eigenvalue weighted by Gasteiger charge is 2.50. The Labute approximate surface area is 187 Å². The first-order valence-electron chi connectivity index (χ1n) is 10.6. The summed E-state index contributed by atoms with van der Waals surface area (Å²) in [6.45, 7) is 2.33. The molecule has 0 unspecified atom stereocenters. The van der Waals surface area contributed by atoms with Gasteiger partial charge in [0.1, 0.15) is 11.2 Å². The quantitative estimate of drug-likeness (QED) is 0.705. The Morgan fingerprint density at radius 1 is 1.09 bits per heavy atom. The van der Waals surface area contributed by atoms with Gasteiger partial charge in [-0.05, 0) is 61.2 Å². The zero-order valence-corrected chi connectivity index (χ0v) is 18.9. The summed E-state index contributed by atoms with van der Waals surface area (Å²) in [6.07, 6.45) is 3.23. The van der Waals surface area contributed by atoms with Gasteiger partial charge in [0.2, 0.25) is 16.8 Å². The number of fused-ring (bicyclic) bond motifs is 3. The highest BCUT2D eigenvalue weighted by atomic mass is 32.2. The van der Waals surface area contributed by atoms with Crippen molar-refractivity contribution in [2.24, 2.45) is 0 Å². The van der Waals surface area contributed by atoms with Crippen molar-refractivity contribution in [1.29, 1.82) is 0 Å². The van der Waals surface area contributed by atoms with Gasteiger partial charge >= 0.3 is 0 Å². The second kappa shape index (κ2) is 7.64. The molecule has 2 aliphatic heterocycles. The first-order chi connectivity index (χ1) is 15.4. The summed E-state index contributed by atoms with van der Waals surface area (Å²) in [7, 11) is -2.21. The Morgan fingerprint density at radius 3 is 2.53 bits per heavy atom. The third-order valence-corrected chi connectivity index (χ3v) is 8.48. The van der Waals surface area contributed by atoms with Crippen LogP contribution < -0.4 is 9.47 Å². The van der Waals surface area contributed by atoms with E-state index in [2.05, 4.69) is 0 Å². The molecule has 2 heterocycles. The van der Waals surface area contributed by atoms with Crippen LogP contribution in [0.4, 0.5) is 0 Å². The minimum absolute atomic E-state index is 0.0338. The fourth-order valence-electron chi connectivity index (χ4n) is 4.94. The van der Waals surface area contributed by atoms with E-state index in [0.29, 0.717) is 36.5 Å². The fourth-order valence-corrected chi connectivity index (χ4v) is 6.35. The molecule has 3 aliphatic rings. The molecule has 1 spiro atoms. The van der Waals surface area contributed by atoms with Crippen molar-refractivity contribution in [2.45, 2.75) is 43.0 Å². The molecule has 2 aromatic carbocycles. The van der Waals surface area contributed by atoms with Crippen molar-refractivity contribution in [3.63, 3.8) is 0 Å². The second-order valence-electron chi connectivity index (χ2n) is 8.40. The van der Waals surface area contributed by atoms with E-state index in [9.17, 15) is 13.2 Å². The first kappa shape index (κ1) is 21.0. The smallest absolute Gasteiger partial charge is 0.243 e. The molecule has 0 amide bonds. The summed E-state index contributed by atoms with van der Waals surface area (Å²) in [5.74, 6) is 1.72. The van der Waals surface area contributed by atoms with Gasteiger partial charge in [0.15, 0.2) is 17.3 Å². The van der Waals surface area contributed by atoms with E-state index in [0.717, 1.165) is 16.7 Å². The van der Waals surface area contributed by atoms with Gasteiger partial charge in [-0.3, -0.25) is 4.79 Å². The standard InChI is InChI=1S/C24H25NO6S/c1-16-6-8-18(9-7-16)32(27,28)25-11-10-24(22(26)4-3-5-23(24)29-2)19-13-21-20(30-15-31-21)12-17(19)14-25/h5-9,12-13H,3-4,10-11,14-15H2,1-2H3/t24-/m0/s1. The fraction of sp³-hybridized carbons (Fsp3) is 0.375. The summed E-state index contributed by atoms with van der Waals surface area (Å²) in [5.41, 5.74) is 1.40. The number of nitrogens with zero attached hydrogens (tertiary/aromatic N) is 1. The maximum absolute atomic E-state index is 13.5. The molecule has 7 nitrogen and oxygen atoms in total. The number of rotatable bonds is 3. The lowest BCUT2D eigenvalue weighted by molar-refractivity contribution is -0.125. The maximum atomic E-state index is 13.5. The third kappa shape index (κ3) is 3.12. The number of ketones is 1. The van der Waals surface area contributed by atoms with Crippen LogP contribution in [0.1, 0.15) is 36.0 Å². The van der Waals surface area contributed by atoms with E-state index in [1.807, 2.05) is 19.1 Å². The number of carbonyl (C=O) groups is 1. The molecule has 32 heavy (non-hydrogen) atoms. The van der Waals surface area contributed by atoms with Gasteiger partial charge in [-0.1, -0.05) is 17.7 Å². The Kier molecular flexibility index (Phi) is 5.02. The number of Topliss-reactive ketones (excluding diaryl/α,β-unsaturated/α-hetero) is 1. The van der Waals surface area contributed by atoms with Crippen molar-refractivity contribution in [3.8, 4) is 11.5 Å².